The van der Waals surface area contributed by atoms with Crippen molar-refractivity contribution in [1.82, 2.24) is 4.90 Å². The van der Waals surface area contributed by atoms with Gasteiger partial charge in [-0.15, -0.1) is 0 Å². The number of hydrogen-bond acceptors (Lipinski definition) is 3. The molecule has 3 aromatic rings. The number of rotatable bonds is 5. The molecule has 2 aromatic carbocycles. The fraction of sp³-hybridized carbons (Fsp3) is 0.190. The fourth-order valence-electron chi connectivity index (χ4n) is 2.66. The Morgan fingerprint density at radius 3 is 2.54 bits per heavy atom. The van der Waals surface area contributed by atoms with Crippen molar-refractivity contribution in [2.75, 3.05) is 5.32 Å². The van der Waals surface area contributed by atoms with Gasteiger partial charge in [0.1, 0.15) is 11.5 Å². The van der Waals surface area contributed by atoms with Crippen LogP contribution in [0.1, 0.15) is 22.5 Å². The summed E-state index contributed by atoms with van der Waals surface area (Å²) in [5, 5.41) is 13.0. The highest BCUT2D eigenvalue weighted by atomic mass is 16.3. The first kappa shape index (κ1) is 17.6. The van der Waals surface area contributed by atoms with E-state index in [0.29, 0.717) is 17.9 Å². The van der Waals surface area contributed by atoms with Gasteiger partial charge in [-0.2, -0.15) is 0 Å². The predicted molar refractivity (Wildman–Crippen MR) is 101 cm³/mol. The highest BCUT2D eigenvalue weighted by Crippen LogP contribution is 2.21. The number of aromatic hydroxyl groups is 1. The molecule has 1 heterocycles. The third-order valence-electron chi connectivity index (χ3n) is 4.33. The van der Waals surface area contributed by atoms with Gasteiger partial charge in [-0.3, -0.25) is 0 Å². The van der Waals surface area contributed by atoms with Crippen LogP contribution in [0.25, 0.3) is 0 Å². The molecule has 1 aromatic heterocycles. The number of urea groups is 1. The number of aryl methyl sites for hydroxylation is 2. The van der Waals surface area contributed by atoms with Crippen LogP contribution in [-0.2, 0) is 13.1 Å². The molecule has 0 aliphatic heterocycles. The Hall–Kier alpha value is -3.21. The van der Waals surface area contributed by atoms with Crippen molar-refractivity contribution < 1.29 is 14.3 Å². The molecular weight excluding hydrogens is 328 g/mol. The van der Waals surface area contributed by atoms with Crippen LogP contribution in [0.5, 0.6) is 5.75 Å². The van der Waals surface area contributed by atoms with Crippen molar-refractivity contribution in [3.63, 3.8) is 0 Å². The van der Waals surface area contributed by atoms with E-state index in [9.17, 15) is 9.90 Å². The van der Waals surface area contributed by atoms with Crippen molar-refractivity contribution in [3.8, 4) is 5.75 Å². The lowest BCUT2D eigenvalue weighted by atomic mass is 10.1. The molecule has 0 spiro atoms. The van der Waals surface area contributed by atoms with E-state index in [1.54, 1.807) is 35.4 Å². The number of amides is 2. The molecule has 0 saturated heterocycles. The normalized spacial score (nSPS) is 10.5. The molecule has 0 aliphatic carbocycles. The number of nitrogens with one attached hydrogen (secondary N) is 1. The number of nitrogens with zero attached hydrogens (tertiary/aromatic N) is 1. The van der Waals surface area contributed by atoms with Crippen LogP contribution in [0.15, 0.2) is 65.3 Å². The summed E-state index contributed by atoms with van der Waals surface area (Å²) in [5.41, 5.74) is 3.69. The Morgan fingerprint density at radius 1 is 1.04 bits per heavy atom. The van der Waals surface area contributed by atoms with Gasteiger partial charge >= 0.3 is 6.03 Å². The molecule has 0 aliphatic rings. The van der Waals surface area contributed by atoms with Gasteiger partial charge in [-0.1, -0.05) is 24.3 Å². The average Bonchev–Trinajstić information content (AvgIpc) is 3.12. The maximum Gasteiger partial charge on any atom is 0.322 e. The molecule has 0 radical (unpaired) electrons. The Labute approximate surface area is 152 Å². The maximum atomic E-state index is 12.8. The average molecular weight is 350 g/mol. The van der Waals surface area contributed by atoms with E-state index in [1.807, 2.05) is 44.2 Å². The molecule has 2 amide bonds. The van der Waals surface area contributed by atoms with Gasteiger partial charge in [0, 0.05) is 11.3 Å². The lowest BCUT2D eigenvalue weighted by Gasteiger charge is -2.23. The number of furan rings is 1. The van der Waals surface area contributed by atoms with E-state index in [1.165, 1.54) is 5.56 Å². The van der Waals surface area contributed by atoms with E-state index in [4.69, 9.17) is 4.42 Å². The number of anilines is 1. The first-order chi connectivity index (χ1) is 12.5. The number of para-hydroxylation sites is 1. The van der Waals surface area contributed by atoms with Crippen molar-refractivity contribution in [2.45, 2.75) is 26.9 Å². The highest BCUT2D eigenvalue weighted by molar-refractivity contribution is 5.89. The molecule has 3 rings (SSSR count). The van der Waals surface area contributed by atoms with E-state index in [0.717, 1.165) is 11.3 Å². The molecule has 0 bridgehead atoms. The Kier molecular flexibility index (Phi) is 5.27. The minimum absolute atomic E-state index is 0.163. The molecule has 0 saturated carbocycles. The summed E-state index contributed by atoms with van der Waals surface area (Å²) < 4.78 is 5.38. The number of carbonyl (C=O) groups is 1. The summed E-state index contributed by atoms with van der Waals surface area (Å²) >= 11 is 0. The van der Waals surface area contributed by atoms with Gasteiger partial charge in [0.05, 0.1) is 19.4 Å². The monoisotopic (exact) mass is 350 g/mol. The Morgan fingerprint density at radius 2 is 1.85 bits per heavy atom. The minimum atomic E-state index is -0.257. The number of hydrogen-bond donors (Lipinski definition) is 2. The molecule has 0 fully saturated rings. The second-order valence-electron chi connectivity index (χ2n) is 6.29. The van der Waals surface area contributed by atoms with Gasteiger partial charge in [0.2, 0.25) is 0 Å². The summed E-state index contributed by atoms with van der Waals surface area (Å²) in [7, 11) is 0. The Balaban J connectivity index is 1.80. The predicted octanol–water partition coefficient (Wildman–Crippen LogP) is 4.84. The van der Waals surface area contributed by atoms with Crippen LogP contribution in [0, 0.1) is 13.8 Å². The van der Waals surface area contributed by atoms with Crippen molar-refractivity contribution in [3.05, 3.63) is 83.3 Å². The van der Waals surface area contributed by atoms with Gasteiger partial charge < -0.3 is 19.7 Å². The maximum absolute atomic E-state index is 12.8. The van der Waals surface area contributed by atoms with Gasteiger partial charge in [0.25, 0.3) is 0 Å². The zero-order chi connectivity index (χ0) is 18.5. The summed E-state index contributed by atoms with van der Waals surface area (Å²) in [6.07, 6.45) is 1.58. The number of phenols is 1. The van der Waals surface area contributed by atoms with E-state index < -0.39 is 0 Å². The zero-order valence-corrected chi connectivity index (χ0v) is 14.9. The molecular formula is C21H22N2O3. The topological polar surface area (TPSA) is 65.7 Å². The van der Waals surface area contributed by atoms with Crippen LogP contribution in [0.3, 0.4) is 0 Å². The van der Waals surface area contributed by atoms with Crippen molar-refractivity contribution >= 4 is 11.7 Å². The quantitative estimate of drug-likeness (QED) is 0.692. The zero-order valence-electron chi connectivity index (χ0n) is 14.9. The Bertz CT molecular complexity index is 888. The standard InChI is InChI=1S/C21H22N2O3/c1-15-9-10-18(12-16(15)2)22-21(25)23(14-19-7-5-11-26-19)13-17-6-3-4-8-20(17)24/h3-12,24H,13-14H2,1-2H3,(H,22,25). The third kappa shape index (κ3) is 4.25. The highest BCUT2D eigenvalue weighted by Gasteiger charge is 2.18. The van der Waals surface area contributed by atoms with E-state index >= 15 is 0 Å². The lowest BCUT2D eigenvalue weighted by Crippen LogP contribution is -2.34. The minimum Gasteiger partial charge on any atom is -0.508 e. The van der Waals surface area contributed by atoms with Crippen molar-refractivity contribution in [1.29, 1.82) is 0 Å². The van der Waals surface area contributed by atoms with E-state index in [-0.39, 0.29) is 18.3 Å². The molecule has 5 nitrogen and oxygen atoms in total. The SMILES string of the molecule is Cc1ccc(NC(=O)N(Cc2ccco2)Cc2ccccc2O)cc1C. The number of phenolic OH excluding ortho intramolecular Hbond substituents is 1. The summed E-state index contributed by atoms with van der Waals surface area (Å²) in [6.45, 7) is 4.61. The van der Waals surface area contributed by atoms with Gasteiger partial charge in [0.15, 0.2) is 0 Å². The molecule has 5 heteroatoms. The van der Waals surface area contributed by atoms with Crippen LogP contribution >= 0.6 is 0 Å². The number of carbonyl (C=O) groups excluding carboxylic acids is 1. The van der Waals surface area contributed by atoms with Crippen LogP contribution < -0.4 is 5.32 Å². The molecule has 0 atom stereocenters. The second-order valence-corrected chi connectivity index (χ2v) is 6.29. The van der Waals surface area contributed by atoms with Gasteiger partial charge in [-0.05, 0) is 55.3 Å². The summed E-state index contributed by atoms with van der Waals surface area (Å²) in [4.78, 5) is 14.4. The number of benzene rings is 2. The van der Waals surface area contributed by atoms with E-state index in [2.05, 4.69) is 5.32 Å². The first-order valence-corrected chi connectivity index (χ1v) is 8.45. The molecule has 26 heavy (non-hydrogen) atoms. The van der Waals surface area contributed by atoms with Crippen LogP contribution in [0.2, 0.25) is 0 Å². The first-order valence-electron chi connectivity index (χ1n) is 8.45. The van der Waals surface area contributed by atoms with Crippen molar-refractivity contribution in [2.24, 2.45) is 0 Å². The lowest BCUT2D eigenvalue weighted by molar-refractivity contribution is 0.200. The van der Waals surface area contributed by atoms with Crippen LogP contribution in [0.4, 0.5) is 10.5 Å². The van der Waals surface area contributed by atoms with Gasteiger partial charge in [-0.25, -0.2) is 4.79 Å². The molecule has 134 valence electrons. The smallest absolute Gasteiger partial charge is 0.322 e. The summed E-state index contributed by atoms with van der Waals surface area (Å²) in [6, 6.07) is 16.2. The molecule has 0 unspecified atom stereocenters. The molecule has 2 N–H and O–H groups in total. The second kappa shape index (κ2) is 7.78. The fourth-order valence-corrected chi connectivity index (χ4v) is 2.66. The summed E-state index contributed by atoms with van der Waals surface area (Å²) in [5.74, 6) is 0.839. The van der Waals surface area contributed by atoms with Crippen LogP contribution in [-0.4, -0.2) is 16.0 Å². The third-order valence-corrected chi connectivity index (χ3v) is 4.33. The largest absolute Gasteiger partial charge is 0.508 e.